The minimum Gasteiger partial charge on any atom is -0.464 e. The molecule has 0 spiro atoms. The molecule has 1 aliphatic heterocycles. The first-order valence-corrected chi connectivity index (χ1v) is 18.9. The number of ether oxygens (including phenoxy) is 2. The van der Waals surface area contributed by atoms with Gasteiger partial charge in [0.2, 0.25) is 11.8 Å². The Labute approximate surface area is 317 Å². The van der Waals surface area contributed by atoms with Crippen molar-refractivity contribution in [3.63, 3.8) is 0 Å². The molecule has 16 nitrogen and oxygen atoms in total. The number of carbonyl (C=O) groups excluding carboxylic acids is 5. The lowest BCUT2D eigenvalue weighted by Crippen LogP contribution is -2.60. The Morgan fingerprint density at radius 2 is 1.54 bits per heavy atom. The summed E-state index contributed by atoms with van der Waals surface area (Å²) in [5.41, 5.74) is 0.743. The molecule has 0 bridgehead atoms. The van der Waals surface area contributed by atoms with Crippen molar-refractivity contribution in [3.05, 3.63) is 36.0 Å². The molecule has 3 rings (SSSR count). The highest BCUT2D eigenvalue weighted by Crippen LogP contribution is 2.26. The molecule has 1 aromatic heterocycles. The van der Waals surface area contributed by atoms with Gasteiger partial charge in [-0.05, 0) is 75.8 Å². The number of benzene rings is 1. The first-order chi connectivity index (χ1) is 25.6. The minimum absolute atomic E-state index is 0.00246. The summed E-state index contributed by atoms with van der Waals surface area (Å²) in [6, 6.07) is 3.52. The largest absolute Gasteiger partial charge is 0.464 e. The molecule has 0 radical (unpaired) electrons. The van der Waals surface area contributed by atoms with E-state index < -0.39 is 42.0 Å². The van der Waals surface area contributed by atoms with E-state index in [1.807, 2.05) is 41.5 Å². The normalized spacial score (nSPS) is 17.8. The van der Waals surface area contributed by atoms with Crippen molar-refractivity contribution in [2.45, 2.75) is 136 Å². The molecule has 5 atom stereocenters. The second-order valence-corrected chi connectivity index (χ2v) is 15.2. The lowest BCUT2D eigenvalue weighted by Gasteiger charge is -2.40. The molecule has 2 heterocycles. The molecule has 0 aliphatic carbocycles. The van der Waals surface area contributed by atoms with Crippen molar-refractivity contribution in [3.8, 4) is 0 Å². The number of hydrogen-bond acceptors (Lipinski definition) is 11. The number of carbonyl (C=O) groups is 5. The number of rotatable bonds is 18. The number of amides is 4. The number of unbranched alkanes of at least 4 members (excludes halogenated alkanes) is 2. The van der Waals surface area contributed by atoms with Gasteiger partial charge in [0.25, 0.3) is 0 Å². The third kappa shape index (κ3) is 13.2. The second kappa shape index (κ2) is 21.0. The van der Waals surface area contributed by atoms with E-state index in [0.29, 0.717) is 35.7 Å². The number of methoxy groups -OCH3 is 1. The van der Waals surface area contributed by atoms with Gasteiger partial charge in [-0.25, -0.2) is 14.4 Å². The summed E-state index contributed by atoms with van der Waals surface area (Å²) < 4.78 is 11.8. The number of esters is 1. The van der Waals surface area contributed by atoms with E-state index in [1.165, 1.54) is 11.7 Å². The maximum Gasteiger partial charge on any atom is 0.418 e. The molecule has 1 aromatic carbocycles. The van der Waals surface area contributed by atoms with Crippen LogP contribution in [0.25, 0.3) is 10.9 Å². The Morgan fingerprint density at radius 3 is 2.17 bits per heavy atom. The van der Waals surface area contributed by atoms with Crippen LogP contribution in [0.1, 0.15) is 105 Å². The topological polar surface area (TPSA) is 201 Å². The summed E-state index contributed by atoms with van der Waals surface area (Å²) in [4.78, 5) is 74.4. The number of nitrogens with one attached hydrogen (secondary N) is 3. The summed E-state index contributed by atoms with van der Waals surface area (Å²) in [7, 11) is 1.27. The predicted molar refractivity (Wildman–Crippen MR) is 199 cm³/mol. The maximum absolute atomic E-state index is 14.3. The summed E-state index contributed by atoms with van der Waals surface area (Å²) in [5.74, 6) is -1.86. The van der Waals surface area contributed by atoms with Gasteiger partial charge in [0, 0.05) is 30.1 Å². The zero-order chi connectivity index (χ0) is 40.0. The number of urea groups is 1. The molecular weight excluding hydrogens is 700 g/mol. The van der Waals surface area contributed by atoms with Crippen LogP contribution in [0, 0.1) is 5.41 Å². The van der Waals surface area contributed by atoms with E-state index in [2.05, 4.69) is 20.8 Å². The molecule has 302 valence electrons. The lowest BCUT2D eigenvalue weighted by molar-refractivity contribution is -0.492. The van der Waals surface area contributed by atoms with Crippen molar-refractivity contribution in [1.82, 2.24) is 30.8 Å². The van der Waals surface area contributed by atoms with Gasteiger partial charge >= 0.3 is 18.1 Å². The smallest absolute Gasteiger partial charge is 0.418 e. The monoisotopic (exact) mass is 760 g/mol. The summed E-state index contributed by atoms with van der Waals surface area (Å²) in [6.45, 7) is 11.8. The van der Waals surface area contributed by atoms with Crippen LogP contribution in [-0.4, -0.2) is 106 Å². The maximum atomic E-state index is 14.3. The van der Waals surface area contributed by atoms with Crippen LogP contribution in [0.4, 0.5) is 9.59 Å². The molecule has 16 heteroatoms. The van der Waals surface area contributed by atoms with Crippen LogP contribution in [0.3, 0.4) is 0 Å². The van der Waals surface area contributed by atoms with Crippen LogP contribution in [0.15, 0.2) is 30.5 Å². The van der Waals surface area contributed by atoms with Gasteiger partial charge in [0.1, 0.15) is 18.1 Å². The third-order valence-electron chi connectivity index (χ3n) is 9.52. The Balaban J connectivity index is 1.93. The fourth-order valence-electron chi connectivity index (χ4n) is 6.78. The number of nitrogens with zero attached hydrogens (tertiary/aromatic N) is 3. The number of fused-ring (bicyclic) bond motifs is 1. The zero-order valence-corrected chi connectivity index (χ0v) is 32.8. The number of para-hydroxylation sites is 1. The van der Waals surface area contributed by atoms with Crippen LogP contribution < -0.4 is 16.0 Å². The van der Waals surface area contributed by atoms with Gasteiger partial charge in [0.15, 0.2) is 0 Å². The van der Waals surface area contributed by atoms with Gasteiger partial charge in [-0.15, -0.1) is 0 Å². The highest BCUT2D eigenvalue weighted by Gasteiger charge is 2.36. The van der Waals surface area contributed by atoms with Crippen LogP contribution in [0.2, 0.25) is 0 Å². The average molecular weight is 761 g/mol. The summed E-state index contributed by atoms with van der Waals surface area (Å²) >= 11 is 0. The number of piperidine rings is 1. The van der Waals surface area contributed by atoms with E-state index in [0.717, 1.165) is 25.7 Å². The molecule has 0 saturated carbocycles. The van der Waals surface area contributed by atoms with Crippen LogP contribution in [0.5, 0.6) is 0 Å². The minimum atomic E-state index is -1.23. The molecule has 2 aromatic rings. The van der Waals surface area contributed by atoms with Crippen molar-refractivity contribution in [1.29, 1.82) is 0 Å². The predicted octanol–water partition coefficient (Wildman–Crippen LogP) is 5.07. The third-order valence-corrected chi connectivity index (χ3v) is 9.52. The molecule has 1 aliphatic rings. The highest BCUT2D eigenvalue weighted by molar-refractivity contribution is 5.95. The fourth-order valence-corrected chi connectivity index (χ4v) is 6.78. The number of aromatic nitrogens is 1. The average Bonchev–Trinajstić information content (AvgIpc) is 3.47. The zero-order valence-electron chi connectivity index (χ0n) is 32.8. The Morgan fingerprint density at radius 1 is 0.907 bits per heavy atom. The number of hydrogen-bond donors (Lipinski definition) is 5. The fraction of sp³-hybridized carbons (Fsp3) is 0.658. The molecule has 54 heavy (non-hydrogen) atoms. The standard InChI is InChI=1S/C38H60N6O10/c1-8-9-18-29(35(47)53-20-12-13-21-54-44(50)51)39-33(45)30(22-27-24-42(37(49)52-7)32-19-11-10-17-28(27)32)40-34(46)31(23-38(4,5)6)41-36(48)43-25(2)15-14-16-26(43)3/h10-11,17,19,24-26,29-31,50-51H,8-9,12-16,18,20-23H2,1-7H3,(H,39,45)(H,40,46)(H,41,48)/t25?,26?,29-,30?,31?/m1/s1. The van der Waals surface area contributed by atoms with Crippen LogP contribution in [-0.2, 0) is 35.1 Å². The van der Waals surface area contributed by atoms with Gasteiger partial charge in [-0.3, -0.25) is 29.4 Å². The van der Waals surface area contributed by atoms with Crippen molar-refractivity contribution in [2.24, 2.45) is 5.41 Å². The molecule has 1 fully saturated rings. The quantitative estimate of drug-likeness (QED) is 0.0772. The van der Waals surface area contributed by atoms with Gasteiger partial charge < -0.3 is 30.3 Å². The Bertz CT molecular complexity index is 1550. The highest BCUT2D eigenvalue weighted by atomic mass is 17.1. The van der Waals surface area contributed by atoms with E-state index in [4.69, 9.17) is 19.9 Å². The van der Waals surface area contributed by atoms with Crippen LogP contribution >= 0.6 is 0 Å². The van der Waals surface area contributed by atoms with E-state index in [-0.39, 0.29) is 61.4 Å². The number of likely N-dealkylation sites (tertiary alicyclic amines) is 1. The van der Waals surface area contributed by atoms with Crippen molar-refractivity contribution >= 4 is 40.8 Å². The lowest BCUT2D eigenvalue weighted by atomic mass is 9.87. The molecule has 5 N–H and O–H groups in total. The molecule has 1 saturated heterocycles. The van der Waals surface area contributed by atoms with E-state index in [9.17, 15) is 24.0 Å². The van der Waals surface area contributed by atoms with Crippen molar-refractivity contribution < 1.29 is 48.7 Å². The molecule has 4 amide bonds. The first-order valence-electron chi connectivity index (χ1n) is 18.9. The SMILES string of the molecule is CCCC[C@@H](NC(=O)C(Cc1cn(C(=O)OC)c2ccccc12)NC(=O)C(CC(C)(C)C)NC(=O)N1C(C)CCCC1C)C(=O)OCCCCON(O)O. The van der Waals surface area contributed by atoms with E-state index in [1.54, 1.807) is 35.4 Å². The summed E-state index contributed by atoms with van der Waals surface area (Å²) in [6.07, 6.45) is 6.25. The Hall–Kier alpha value is -4.25. The molecular formula is C38H60N6O10. The Kier molecular flexibility index (Phi) is 17.2. The van der Waals surface area contributed by atoms with Gasteiger partial charge in [0.05, 0.1) is 31.2 Å². The van der Waals surface area contributed by atoms with Gasteiger partial charge in [-0.2, -0.15) is 0 Å². The van der Waals surface area contributed by atoms with Crippen molar-refractivity contribution in [2.75, 3.05) is 20.3 Å². The molecule has 4 unspecified atom stereocenters. The second-order valence-electron chi connectivity index (χ2n) is 15.2. The first kappa shape index (κ1) is 44.1. The van der Waals surface area contributed by atoms with E-state index >= 15 is 0 Å². The summed E-state index contributed by atoms with van der Waals surface area (Å²) in [5, 5.41) is 26.3. The van der Waals surface area contributed by atoms with Gasteiger partial charge in [-0.1, -0.05) is 58.7 Å².